The van der Waals surface area contributed by atoms with Crippen LogP contribution in [0, 0.1) is 6.92 Å². The lowest BCUT2D eigenvalue weighted by Crippen LogP contribution is -1.88. The third kappa shape index (κ3) is 2.07. The molecule has 0 saturated carbocycles. The van der Waals surface area contributed by atoms with Gasteiger partial charge in [-0.1, -0.05) is 30.3 Å². The summed E-state index contributed by atoms with van der Waals surface area (Å²) in [4.78, 5) is 3.31. The SMILES string of the molecule is Cc1cc(-c2ccccc2)c(C(C)Cl)[nH]1. The van der Waals surface area contributed by atoms with Gasteiger partial charge in [-0.2, -0.15) is 0 Å². The van der Waals surface area contributed by atoms with E-state index < -0.39 is 0 Å². The number of rotatable bonds is 2. The standard InChI is InChI=1S/C13H14ClN/c1-9-8-12(13(15-9)10(2)14)11-6-4-3-5-7-11/h3-8,10,15H,1-2H3. The van der Waals surface area contributed by atoms with Crippen LogP contribution in [0.2, 0.25) is 0 Å². The van der Waals surface area contributed by atoms with Crippen LogP contribution in [0.25, 0.3) is 11.1 Å². The molecule has 0 aliphatic carbocycles. The fourth-order valence-corrected chi connectivity index (χ4v) is 1.95. The molecule has 78 valence electrons. The maximum atomic E-state index is 6.14. The molecule has 0 fully saturated rings. The third-order valence-corrected chi connectivity index (χ3v) is 2.68. The van der Waals surface area contributed by atoms with Crippen LogP contribution in [0.3, 0.4) is 0 Å². The van der Waals surface area contributed by atoms with Gasteiger partial charge in [0.1, 0.15) is 0 Å². The van der Waals surface area contributed by atoms with Gasteiger partial charge in [0, 0.05) is 17.0 Å². The summed E-state index contributed by atoms with van der Waals surface area (Å²) < 4.78 is 0. The maximum absolute atomic E-state index is 6.14. The monoisotopic (exact) mass is 219 g/mol. The van der Waals surface area contributed by atoms with E-state index in [0.717, 1.165) is 11.4 Å². The molecule has 0 aliphatic rings. The third-order valence-electron chi connectivity index (χ3n) is 2.47. The van der Waals surface area contributed by atoms with Crippen molar-refractivity contribution in [3.8, 4) is 11.1 Å². The lowest BCUT2D eigenvalue weighted by molar-refractivity contribution is 1.01. The highest BCUT2D eigenvalue weighted by molar-refractivity contribution is 6.20. The number of aromatic nitrogens is 1. The number of nitrogens with one attached hydrogen (secondary N) is 1. The van der Waals surface area contributed by atoms with Gasteiger partial charge < -0.3 is 4.98 Å². The average Bonchev–Trinajstić information content (AvgIpc) is 2.62. The molecule has 2 rings (SSSR count). The number of H-pyrrole nitrogens is 1. The van der Waals surface area contributed by atoms with E-state index in [-0.39, 0.29) is 5.38 Å². The Hall–Kier alpha value is -1.21. The molecule has 1 aromatic carbocycles. The van der Waals surface area contributed by atoms with Crippen molar-refractivity contribution in [2.45, 2.75) is 19.2 Å². The minimum absolute atomic E-state index is 0.00825. The summed E-state index contributed by atoms with van der Waals surface area (Å²) in [7, 11) is 0. The van der Waals surface area contributed by atoms with Gasteiger partial charge in [-0.05, 0) is 25.5 Å². The highest BCUT2D eigenvalue weighted by atomic mass is 35.5. The lowest BCUT2D eigenvalue weighted by atomic mass is 10.0. The molecule has 1 N–H and O–H groups in total. The molecular formula is C13H14ClN. The zero-order chi connectivity index (χ0) is 10.8. The van der Waals surface area contributed by atoms with E-state index >= 15 is 0 Å². The quantitative estimate of drug-likeness (QED) is 0.726. The highest BCUT2D eigenvalue weighted by Crippen LogP contribution is 2.31. The molecule has 0 aliphatic heterocycles. The zero-order valence-electron chi connectivity index (χ0n) is 8.92. The fourth-order valence-electron chi connectivity index (χ4n) is 1.78. The summed E-state index contributed by atoms with van der Waals surface area (Å²) in [5.74, 6) is 0. The van der Waals surface area contributed by atoms with Crippen LogP contribution in [0.15, 0.2) is 36.4 Å². The molecule has 0 bridgehead atoms. The number of aryl methyl sites for hydroxylation is 1. The van der Waals surface area contributed by atoms with Crippen LogP contribution in [0.4, 0.5) is 0 Å². The first-order valence-electron chi connectivity index (χ1n) is 5.07. The van der Waals surface area contributed by atoms with Crippen molar-refractivity contribution < 1.29 is 0 Å². The second-order valence-electron chi connectivity index (χ2n) is 3.76. The summed E-state index contributed by atoms with van der Waals surface area (Å²) in [5, 5.41) is 0.00825. The van der Waals surface area contributed by atoms with Crippen molar-refractivity contribution in [1.29, 1.82) is 0 Å². The molecule has 1 aromatic heterocycles. The number of aromatic amines is 1. The predicted octanol–water partition coefficient (Wildman–Crippen LogP) is 4.29. The average molecular weight is 220 g/mol. The second-order valence-corrected chi connectivity index (χ2v) is 4.42. The van der Waals surface area contributed by atoms with Crippen molar-refractivity contribution >= 4 is 11.6 Å². The predicted molar refractivity (Wildman–Crippen MR) is 65.2 cm³/mol. The minimum atomic E-state index is 0.00825. The van der Waals surface area contributed by atoms with Gasteiger partial charge >= 0.3 is 0 Å². The molecule has 0 saturated heterocycles. The van der Waals surface area contributed by atoms with Crippen LogP contribution in [0.1, 0.15) is 23.7 Å². The topological polar surface area (TPSA) is 15.8 Å². The molecular weight excluding hydrogens is 206 g/mol. The van der Waals surface area contributed by atoms with Gasteiger partial charge in [-0.15, -0.1) is 11.6 Å². The Morgan fingerprint density at radius 3 is 2.47 bits per heavy atom. The van der Waals surface area contributed by atoms with Crippen LogP contribution >= 0.6 is 11.6 Å². The van der Waals surface area contributed by atoms with Crippen LogP contribution in [-0.4, -0.2) is 4.98 Å². The van der Waals surface area contributed by atoms with E-state index in [0.29, 0.717) is 0 Å². The summed E-state index contributed by atoms with van der Waals surface area (Å²) >= 11 is 6.14. The Labute approximate surface area is 95.1 Å². The molecule has 1 unspecified atom stereocenters. The van der Waals surface area contributed by atoms with Crippen molar-refractivity contribution in [3.63, 3.8) is 0 Å². The highest BCUT2D eigenvalue weighted by Gasteiger charge is 2.12. The van der Waals surface area contributed by atoms with Crippen molar-refractivity contribution in [2.75, 3.05) is 0 Å². The Bertz CT molecular complexity index is 443. The molecule has 1 atom stereocenters. The molecule has 1 heterocycles. The number of benzene rings is 1. The van der Waals surface area contributed by atoms with Gasteiger partial charge in [0.2, 0.25) is 0 Å². The summed E-state index contributed by atoms with van der Waals surface area (Å²) in [6.07, 6.45) is 0. The Morgan fingerprint density at radius 1 is 1.20 bits per heavy atom. The van der Waals surface area contributed by atoms with Gasteiger partial charge in [-0.25, -0.2) is 0 Å². The number of alkyl halides is 1. The summed E-state index contributed by atoms with van der Waals surface area (Å²) in [5.41, 5.74) is 4.66. The van der Waals surface area contributed by atoms with E-state index in [1.165, 1.54) is 11.1 Å². The molecule has 2 heteroatoms. The molecule has 1 nitrogen and oxygen atoms in total. The van der Waals surface area contributed by atoms with Gasteiger partial charge in [0.25, 0.3) is 0 Å². The second kappa shape index (κ2) is 4.11. The van der Waals surface area contributed by atoms with Gasteiger partial charge in [-0.3, -0.25) is 0 Å². The number of halogens is 1. The van der Waals surface area contributed by atoms with E-state index in [9.17, 15) is 0 Å². The van der Waals surface area contributed by atoms with Crippen molar-refractivity contribution in [2.24, 2.45) is 0 Å². The molecule has 0 radical (unpaired) electrons. The number of hydrogen-bond donors (Lipinski definition) is 1. The van der Waals surface area contributed by atoms with Crippen LogP contribution < -0.4 is 0 Å². The smallest absolute Gasteiger partial charge is 0.0713 e. The van der Waals surface area contributed by atoms with Crippen molar-refractivity contribution in [1.82, 2.24) is 4.98 Å². The van der Waals surface area contributed by atoms with Gasteiger partial charge in [0.05, 0.1) is 5.38 Å². The molecule has 0 spiro atoms. The van der Waals surface area contributed by atoms with Crippen LogP contribution in [0.5, 0.6) is 0 Å². The van der Waals surface area contributed by atoms with Crippen LogP contribution in [-0.2, 0) is 0 Å². The van der Waals surface area contributed by atoms with E-state index in [1.54, 1.807) is 0 Å². The largest absolute Gasteiger partial charge is 0.361 e. The minimum Gasteiger partial charge on any atom is -0.361 e. The van der Waals surface area contributed by atoms with E-state index in [1.807, 2.05) is 25.1 Å². The lowest BCUT2D eigenvalue weighted by Gasteiger charge is -2.05. The molecule has 0 amide bonds. The zero-order valence-corrected chi connectivity index (χ0v) is 9.68. The fraction of sp³-hybridized carbons (Fsp3) is 0.231. The first-order valence-corrected chi connectivity index (χ1v) is 5.51. The maximum Gasteiger partial charge on any atom is 0.0713 e. The molecule has 2 aromatic rings. The number of hydrogen-bond acceptors (Lipinski definition) is 0. The Balaban J connectivity index is 2.53. The first-order chi connectivity index (χ1) is 7.18. The summed E-state index contributed by atoms with van der Waals surface area (Å²) in [6, 6.07) is 12.5. The summed E-state index contributed by atoms with van der Waals surface area (Å²) in [6.45, 7) is 4.04. The van der Waals surface area contributed by atoms with E-state index in [2.05, 4.69) is 30.1 Å². The Morgan fingerprint density at radius 2 is 1.87 bits per heavy atom. The Kier molecular flexibility index (Phi) is 2.83. The van der Waals surface area contributed by atoms with Gasteiger partial charge in [0.15, 0.2) is 0 Å². The molecule has 15 heavy (non-hydrogen) atoms. The first kappa shape index (κ1) is 10.3. The van der Waals surface area contributed by atoms with E-state index in [4.69, 9.17) is 11.6 Å². The van der Waals surface area contributed by atoms with Crippen molar-refractivity contribution in [3.05, 3.63) is 47.8 Å². The normalized spacial score (nSPS) is 12.7.